The third-order valence-electron chi connectivity index (χ3n) is 4.53. The normalized spacial score (nSPS) is 10.4. The van der Waals surface area contributed by atoms with Crippen molar-refractivity contribution in [1.29, 1.82) is 0 Å². The number of aromatic nitrogens is 1. The first-order chi connectivity index (χ1) is 14.2. The van der Waals surface area contributed by atoms with Gasteiger partial charge >= 0.3 is 0 Å². The zero-order valence-electron chi connectivity index (χ0n) is 16.7. The summed E-state index contributed by atoms with van der Waals surface area (Å²) < 4.78 is 16.2. The van der Waals surface area contributed by atoms with Crippen molar-refractivity contribution in [2.75, 3.05) is 21.3 Å². The Morgan fingerprint density at radius 3 is 2.52 bits per heavy atom. The number of carbonyl (C=O) groups excluding carboxylic acids is 1. The Balaban J connectivity index is 1.63. The maximum atomic E-state index is 12.4. The van der Waals surface area contributed by atoms with Crippen LogP contribution in [0.15, 0.2) is 48.0 Å². The topological polar surface area (TPSA) is 69.7 Å². The molecule has 152 valence electrons. The molecular formula is C22H24N2O4S. The van der Waals surface area contributed by atoms with E-state index in [1.165, 1.54) is 0 Å². The summed E-state index contributed by atoms with van der Waals surface area (Å²) >= 11 is 1.63. The van der Waals surface area contributed by atoms with Gasteiger partial charge in [0, 0.05) is 19.2 Å². The number of benzene rings is 1. The lowest BCUT2D eigenvalue weighted by Crippen LogP contribution is -2.23. The van der Waals surface area contributed by atoms with Crippen LogP contribution in [-0.4, -0.2) is 32.2 Å². The Hall–Kier alpha value is -3.06. The van der Waals surface area contributed by atoms with Crippen molar-refractivity contribution < 1.29 is 19.0 Å². The minimum Gasteiger partial charge on any atom is -0.493 e. The minimum atomic E-state index is -0.0391. The number of nitrogens with zero attached hydrogens (tertiary/aromatic N) is 1. The highest BCUT2D eigenvalue weighted by molar-refractivity contribution is 7.13. The molecule has 0 bridgehead atoms. The van der Waals surface area contributed by atoms with Gasteiger partial charge in [-0.3, -0.25) is 9.78 Å². The summed E-state index contributed by atoms with van der Waals surface area (Å²) in [6.07, 6.45) is 2.63. The fourth-order valence-electron chi connectivity index (χ4n) is 3.11. The third kappa shape index (κ3) is 4.86. The second-order valence-electron chi connectivity index (χ2n) is 6.26. The smallest absolute Gasteiger partial charge is 0.220 e. The van der Waals surface area contributed by atoms with E-state index in [1.807, 2.05) is 41.8 Å². The van der Waals surface area contributed by atoms with Gasteiger partial charge < -0.3 is 19.5 Å². The molecule has 1 amide bonds. The molecule has 0 aliphatic heterocycles. The second kappa shape index (κ2) is 9.93. The Morgan fingerprint density at radius 2 is 1.83 bits per heavy atom. The van der Waals surface area contributed by atoms with Crippen molar-refractivity contribution in [2.24, 2.45) is 0 Å². The van der Waals surface area contributed by atoms with Crippen molar-refractivity contribution in [2.45, 2.75) is 19.4 Å². The van der Waals surface area contributed by atoms with Gasteiger partial charge in [0.05, 0.1) is 31.9 Å². The molecule has 6 nitrogen and oxygen atoms in total. The number of carbonyl (C=O) groups is 1. The summed E-state index contributed by atoms with van der Waals surface area (Å²) in [7, 11) is 4.72. The lowest BCUT2D eigenvalue weighted by Gasteiger charge is -2.15. The number of thiophene rings is 1. The molecule has 0 aliphatic rings. The number of nitrogens with one attached hydrogen (secondary N) is 1. The number of aryl methyl sites for hydroxylation is 1. The largest absolute Gasteiger partial charge is 0.493 e. The summed E-state index contributed by atoms with van der Waals surface area (Å²) in [5.41, 5.74) is 2.79. The number of hydrogen-bond acceptors (Lipinski definition) is 6. The Labute approximate surface area is 174 Å². The molecule has 3 rings (SSSR count). The van der Waals surface area contributed by atoms with Crippen LogP contribution in [0.25, 0.3) is 10.6 Å². The third-order valence-corrected chi connectivity index (χ3v) is 5.41. The van der Waals surface area contributed by atoms with Gasteiger partial charge in [0.25, 0.3) is 0 Å². The second-order valence-corrected chi connectivity index (χ2v) is 7.21. The molecule has 0 atom stereocenters. The molecule has 29 heavy (non-hydrogen) atoms. The standard InChI is InChI=1S/C22H24N2O4S/c1-26-17-10-8-15(21(27-2)22(17)28-3)9-11-19(25)24-14-16-6-4-12-23-20(16)18-7-5-13-29-18/h4-8,10,12-13H,9,11,14H2,1-3H3,(H,24,25). The molecule has 0 spiro atoms. The van der Waals surface area contributed by atoms with E-state index in [0.717, 1.165) is 21.7 Å². The molecule has 2 heterocycles. The summed E-state index contributed by atoms with van der Waals surface area (Å²) in [5, 5.41) is 5.01. The lowest BCUT2D eigenvalue weighted by atomic mass is 10.1. The quantitative estimate of drug-likeness (QED) is 0.573. The van der Waals surface area contributed by atoms with Crippen LogP contribution in [0.3, 0.4) is 0 Å². The van der Waals surface area contributed by atoms with Gasteiger partial charge in [-0.25, -0.2) is 0 Å². The first kappa shape index (κ1) is 20.7. The summed E-state index contributed by atoms with van der Waals surface area (Å²) in [6, 6.07) is 11.6. The van der Waals surface area contributed by atoms with Crippen LogP contribution in [0, 0.1) is 0 Å². The van der Waals surface area contributed by atoms with Crippen molar-refractivity contribution >= 4 is 17.2 Å². The molecule has 0 unspecified atom stereocenters. The van der Waals surface area contributed by atoms with Gasteiger partial charge in [-0.1, -0.05) is 18.2 Å². The van der Waals surface area contributed by atoms with E-state index >= 15 is 0 Å². The van der Waals surface area contributed by atoms with Gasteiger partial charge in [0.2, 0.25) is 11.7 Å². The van der Waals surface area contributed by atoms with Gasteiger partial charge in [-0.05, 0) is 41.1 Å². The number of amides is 1. The molecule has 0 radical (unpaired) electrons. The molecule has 0 saturated carbocycles. The van der Waals surface area contributed by atoms with Gasteiger partial charge in [0.15, 0.2) is 11.5 Å². The Morgan fingerprint density at radius 1 is 1.00 bits per heavy atom. The zero-order valence-corrected chi connectivity index (χ0v) is 17.5. The number of rotatable bonds is 9. The number of ether oxygens (including phenoxy) is 3. The van der Waals surface area contributed by atoms with Crippen LogP contribution in [-0.2, 0) is 17.8 Å². The van der Waals surface area contributed by atoms with Crippen LogP contribution in [0.2, 0.25) is 0 Å². The van der Waals surface area contributed by atoms with Crippen molar-refractivity contribution in [3.8, 4) is 27.8 Å². The van der Waals surface area contributed by atoms with Crippen LogP contribution in [0.4, 0.5) is 0 Å². The predicted molar refractivity (Wildman–Crippen MR) is 114 cm³/mol. The van der Waals surface area contributed by atoms with Crippen molar-refractivity contribution in [3.63, 3.8) is 0 Å². The van der Waals surface area contributed by atoms with Gasteiger partial charge in [-0.2, -0.15) is 0 Å². The predicted octanol–water partition coefficient (Wildman–Crippen LogP) is 4.08. The van der Waals surface area contributed by atoms with Crippen LogP contribution >= 0.6 is 11.3 Å². The fourth-order valence-corrected chi connectivity index (χ4v) is 3.86. The molecule has 1 aromatic carbocycles. The maximum Gasteiger partial charge on any atom is 0.220 e. The summed E-state index contributed by atoms with van der Waals surface area (Å²) in [5.74, 6) is 1.67. The average molecular weight is 413 g/mol. The van der Waals surface area contributed by atoms with Gasteiger partial charge in [-0.15, -0.1) is 11.3 Å². The van der Waals surface area contributed by atoms with E-state index in [2.05, 4.69) is 10.3 Å². The van der Waals surface area contributed by atoms with E-state index in [1.54, 1.807) is 38.9 Å². The van der Waals surface area contributed by atoms with Crippen molar-refractivity contribution in [1.82, 2.24) is 10.3 Å². The minimum absolute atomic E-state index is 0.0391. The molecule has 7 heteroatoms. The van der Waals surface area contributed by atoms with Crippen LogP contribution < -0.4 is 19.5 Å². The highest BCUT2D eigenvalue weighted by Gasteiger charge is 2.16. The van der Waals surface area contributed by atoms with Crippen LogP contribution in [0.1, 0.15) is 17.5 Å². The fraction of sp³-hybridized carbons (Fsp3) is 0.273. The Bertz CT molecular complexity index is 957. The number of methoxy groups -OCH3 is 3. The van der Waals surface area contributed by atoms with E-state index in [-0.39, 0.29) is 5.91 Å². The first-order valence-electron chi connectivity index (χ1n) is 9.20. The SMILES string of the molecule is COc1ccc(CCC(=O)NCc2cccnc2-c2cccs2)c(OC)c1OC. The molecular weight excluding hydrogens is 388 g/mol. The molecule has 0 fully saturated rings. The Kier molecular flexibility index (Phi) is 7.08. The summed E-state index contributed by atoms with van der Waals surface area (Å²) in [6.45, 7) is 0.434. The number of hydrogen-bond donors (Lipinski definition) is 1. The number of pyridine rings is 1. The molecule has 1 N–H and O–H groups in total. The monoisotopic (exact) mass is 412 g/mol. The van der Waals surface area contributed by atoms with E-state index in [9.17, 15) is 4.79 Å². The average Bonchev–Trinajstić information content (AvgIpc) is 3.30. The molecule has 0 aliphatic carbocycles. The van der Waals surface area contributed by atoms with Crippen molar-refractivity contribution in [3.05, 3.63) is 59.1 Å². The van der Waals surface area contributed by atoms with E-state index in [4.69, 9.17) is 14.2 Å². The molecule has 2 aromatic heterocycles. The lowest BCUT2D eigenvalue weighted by molar-refractivity contribution is -0.121. The summed E-state index contributed by atoms with van der Waals surface area (Å²) in [4.78, 5) is 18.0. The van der Waals surface area contributed by atoms with E-state index in [0.29, 0.717) is 36.6 Å². The zero-order chi connectivity index (χ0) is 20.6. The van der Waals surface area contributed by atoms with Gasteiger partial charge in [0.1, 0.15) is 0 Å². The highest BCUT2D eigenvalue weighted by atomic mass is 32.1. The van der Waals surface area contributed by atoms with Crippen LogP contribution in [0.5, 0.6) is 17.2 Å². The van der Waals surface area contributed by atoms with E-state index < -0.39 is 0 Å². The highest BCUT2D eigenvalue weighted by Crippen LogP contribution is 2.40. The molecule has 3 aromatic rings. The molecule has 0 saturated heterocycles. The first-order valence-corrected chi connectivity index (χ1v) is 10.1. The maximum absolute atomic E-state index is 12.4.